The number of carboxylic acids is 1. The Hall–Kier alpha value is -1.86. The van der Waals surface area contributed by atoms with E-state index in [1.807, 2.05) is 0 Å². The van der Waals surface area contributed by atoms with Crippen LogP contribution in [0.3, 0.4) is 0 Å². The summed E-state index contributed by atoms with van der Waals surface area (Å²) in [5.74, 6) is -1.40. The molecule has 0 aliphatic heterocycles. The third kappa shape index (κ3) is 4.08. The van der Waals surface area contributed by atoms with Gasteiger partial charge in [0.15, 0.2) is 11.5 Å². The normalized spacial score (nSPS) is 12.0. The zero-order chi connectivity index (χ0) is 14.4. The van der Waals surface area contributed by atoms with E-state index in [1.54, 1.807) is 0 Å². The number of methoxy groups -OCH3 is 2. The van der Waals surface area contributed by atoms with Crippen molar-refractivity contribution in [2.75, 3.05) is 27.4 Å². The highest BCUT2D eigenvalue weighted by atomic mass is 19.1. The van der Waals surface area contributed by atoms with Gasteiger partial charge in [0.1, 0.15) is 18.5 Å². The number of halogens is 1. The van der Waals surface area contributed by atoms with Crippen molar-refractivity contribution in [3.63, 3.8) is 0 Å². The molecule has 0 radical (unpaired) electrons. The van der Waals surface area contributed by atoms with Gasteiger partial charge in [0.25, 0.3) is 0 Å². The number of aliphatic hydroxyl groups excluding tert-OH is 1. The van der Waals surface area contributed by atoms with Crippen molar-refractivity contribution in [2.45, 2.75) is 6.10 Å². The maximum Gasteiger partial charge on any atom is 0.329 e. The van der Waals surface area contributed by atoms with E-state index in [9.17, 15) is 14.3 Å². The second kappa shape index (κ2) is 6.91. The number of benzene rings is 1. The van der Waals surface area contributed by atoms with Gasteiger partial charge in [0, 0.05) is 11.6 Å². The number of carboxylic acid groups (broad SMARTS) is 1. The molecule has 2 N–H and O–H groups in total. The molecule has 1 aromatic carbocycles. The van der Waals surface area contributed by atoms with Crippen LogP contribution in [0.15, 0.2) is 12.1 Å². The van der Waals surface area contributed by atoms with Gasteiger partial charge < -0.3 is 24.4 Å². The van der Waals surface area contributed by atoms with Gasteiger partial charge in [-0.05, 0) is 6.07 Å². The molecule has 1 unspecified atom stereocenters. The number of ether oxygens (including phenoxy) is 3. The van der Waals surface area contributed by atoms with Crippen LogP contribution < -0.4 is 9.47 Å². The molecule has 0 saturated carbocycles. The highest BCUT2D eigenvalue weighted by Gasteiger charge is 2.18. The molecule has 0 aliphatic rings. The van der Waals surface area contributed by atoms with Gasteiger partial charge in [-0.25, -0.2) is 9.18 Å². The fraction of sp³-hybridized carbons (Fsp3) is 0.417. The van der Waals surface area contributed by atoms with Crippen molar-refractivity contribution in [3.8, 4) is 11.5 Å². The Labute approximate surface area is 109 Å². The van der Waals surface area contributed by atoms with E-state index in [0.717, 1.165) is 6.07 Å². The van der Waals surface area contributed by atoms with E-state index in [2.05, 4.69) is 0 Å². The summed E-state index contributed by atoms with van der Waals surface area (Å²) in [4.78, 5) is 10.3. The highest BCUT2D eigenvalue weighted by molar-refractivity contribution is 5.68. The minimum absolute atomic E-state index is 0.0527. The maximum absolute atomic E-state index is 13.7. The van der Waals surface area contributed by atoms with Crippen molar-refractivity contribution < 1.29 is 33.6 Å². The average molecular weight is 274 g/mol. The molecule has 1 rings (SSSR count). The minimum Gasteiger partial charge on any atom is -0.493 e. The summed E-state index contributed by atoms with van der Waals surface area (Å²) in [6.07, 6.45) is -1.29. The summed E-state index contributed by atoms with van der Waals surface area (Å²) in [5, 5.41) is 18.1. The second-order valence-corrected chi connectivity index (χ2v) is 3.65. The Morgan fingerprint density at radius 1 is 1.32 bits per heavy atom. The SMILES string of the molecule is COc1cc(F)c(C(O)COCC(=O)O)cc1OC. The molecular formula is C12H15FO6. The summed E-state index contributed by atoms with van der Waals surface area (Å²) in [5.41, 5.74) is -0.0527. The average Bonchev–Trinajstić information content (AvgIpc) is 2.37. The van der Waals surface area contributed by atoms with Crippen molar-refractivity contribution in [1.29, 1.82) is 0 Å². The monoisotopic (exact) mass is 274 g/mol. The van der Waals surface area contributed by atoms with Crippen LogP contribution in [0.5, 0.6) is 11.5 Å². The Balaban J connectivity index is 2.84. The molecule has 106 valence electrons. The smallest absolute Gasteiger partial charge is 0.329 e. The lowest BCUT2D eigenvalue weighted by Crippen LogP contribution is -2.14. The van der Waals surface area contributed by atoms with Crippen LogP contribution in [-0.2, 0) is 9.53 Å². The van der Waals surface area contributed by atoms with Crippen LogP contribution in [0.25, 0.3) is 0 Å². The first-order valence-corrected chi connectivity index (χ1v) is 5.38. The van der Waals surface area contributed by atoms with Crippen molar-refractivity contribution in [3.05, 3.63) is 23.5 Å². The number of hydrogen-bond acceptors (Lipinski definition) is 5. The number of carbonyl (C=O) groups is 1. The Morgan fingerprint density at radius 3 is 2.42 bits per heavy atom. The molecule has 0 bridgehead atoms. The van der Waals surface area contributed by atoms with Gasteiger partial charge in [0.2, 0.25) is 0 Å². The first kappa shape index (κ1) is 15.2. The number of aliphatic hydroxyl groups is 1. The van der Waals surface area contributed by atoms with Crippen LogP contribution in [0, 0.1) is 5.82 Å². The summed E-state index contributed by atoms with van der Waals surface area (Å²) in [6, 6.07) is 2.36. The van der Waals surface area contributed by atoms with E-state index in [0.29, 0.717) is 0 Å². The van der Waals surface area contributed by atoms with Crippen LogP contribution in [0.4, 0.5) is 4.39 Å². The number of aliphatic carboxylic acids is 1. The predicted molar refractivity (Wildman–Crippen MR) is 62.9 cm³/mol. The molecular weight excluding hydrogens is 259 g/mol. The lowest BCUT2D eigenvalue weighted by atomic mass is 10.1. The summed E-state index contributed by atoms with van der Waals surface area (Å²) in [6.45, 7) is -0.898. The molecule has 7 heteroatoms. The molecule has 0 amide bonds. The van der Waals surface area contributed by atoms with E-state index in [-0.39, 0.29) is 23.7 Å². The van der Waals surface area contributed by atoms with Gasteiger partial charge in [-0.2, -0.15) is 0 Å². The van der Waals surface area contributed by atoms with Gasteiger partial charge >= 0.3 is 5.97 Å². The topological polar surface area (TPSA) is 85.2 Å². The van der Waals surface area contributed by atoms with E-state index >= 15 is 0 Å². The van der Waals surface area contributed by atoms with Crippen molar-refractivity contribution in [2.24, 2.45) is 0 Å². The lowest BCUT2D eigenvalue weighted by Gasteiger charge is -2.15. The summed E-state index contributed by atoms with van der Waals surface area (Å²) < 4.78 is 28.3. The zero-order valence-corrected chi connectivity index (χ0v) is 10.6. The maximum atomic E-state index is 13.7. The predicted octanol–water partition coefficient (Wildman–Crippen LogP) is 0.977. The fourth-order valence-electron chi connectivity index (χ4n) is 1.47. The van der Waals surface area contributed by atoms with Gasteiger partial charge in [-0.1, -0.05) is 0 Å². The van der Waals surface area contributed by atoms with E-state index < -0.39 is 24.5 Å². The molecule has 0 aromatic heterocycles. The molecule has 0 fully saturated rings. The minimum atomic E-state index is -1.29. The quantitative estimate of drug-likeness (QED) is 0.771. The molecule has 0 heterocycles. The third-order valence-electron chi connectivity index (χ3n) is 2.36. The molecule has 1 atom stereocenters. The summed E-state index contributed by atoms with van der Waals surface area (Å²) in [7, 11) is 2.75. The number of hydrogen-bond donors (Lipinski definition) is 2. The first-order chi connectivity index (χ1) is 8.99. The van der Waals surface area contributed by atoms with E-state index in [1.165, 1.54) is 20.3 Å². The third-order valence-corrected chi connectivity index (χ3v) is 2.36. The molecule has 0 aliphatic carbocycles. The standard InChI is InChI=1S/C12H15FO6/c1-17-10-3-7(8(13)4-11(10)18-2)9(14)5-19-6-12(15)16/h3-4,9,14H,5-6H2,1-2H3,(H,15,16). The van der Waals surface area contributed by atoms with E-state index in [4.69, 9.17) is 19.3 Å². The Morgan fingerprint density at radius 2 is 1.89 bits per heavy atom. The second-order valence-electron chi connectivity index (χ2n) is 3.65. The highest BCUT2D eigenvalue weighted by Crippen LogP contribution is 2.32. The van der Waals surface area contributed by atoms with Crippen LogP contribution in [0.2, 0.25) is 0 Å². The van der Waals surface area contributed by atoms with Crippen molar-refractivity contribution in [1.82, 2.24) is 0 Å². The molecule has 6 nitrogen and oxygen atoms in total. The molecule has 0 spiro atoms. The molecule has 19 heavy (non-hydrogen) atoms. The lowest BCUT2D eigenvalue weighted by molar-refractivity contribution is -0.143. The number of rotatable bonds is 7. The Bertz CT molecular complexity index is 448. The summed E-state index contributed by atoms with van der Waals surface area (Å²) >= 11 is 0. The van der Waals surface area contributed by atoms with Crippen LogP contribution in [-0.4, -0.2) is 43.6 Å². The van der Waals surface area contributed by atoms with Gasteiger partial charge in [0.05, 0.1) is 20.8 Å². The van der Waals surface area contributed by atoms with Gasteiger partial charge in [-0.3, -0.25) is 0 Å². The largest absolute Gasteiger partial charge is 0.493 e. The zero-order valence-electron chi connectivity index (χ0n) is 10.6. The molecule has 0 saturated heterocycles. The first-order valence-electron chi connectivity index (χ1n) is 5.38. The Kier molecular flexibility index (Phi) is 5.53. The van der Waals surface area contributed by atoms with Crippen LogP contribution >= 0.6 is 0 Å². The van der Waals surface area contributed by atoms with Gasteiger partial charge in [-0.15, -0.1) is 0 Å². The van der Waals surface area contributed by atoms with Crippen molar-refractivity contribution >= 4 is 5.97 Å². The molecule has 1 aromatic rings. The fourth-order valence-corrected chi connectivity index (χ4v) is 1.47. The van der Waals surface area contributed by atoms with Crippen LogP contribution in [0.1, 0.15) is 11.7 Å².